The minimum atomic E-state index is -0.365. The topological polar surface area (TPSA) is 42.4 Å². The molecule has 4 heteroatoms. The molecule has 0 bridgehead atoms. The van der Waals surface area contributed by atoms with Gasteiger partial charge in [0.25, 0.3) is 0 Å². The number of benzene rings is 9. The van der Waals surface area contributed by atoms with E-state index in [1.54, 1.807) is 0 Å². The quantitative estimate of drug-likeness (QED) is 0.176. The highest BCUT2D eigenvalue weighted by molar-refractivity contribution is 6.21. The van der Waals surface area contributed by atoms with Gasteiger partial charge >= 0.3 is 0 Å². The number of aromatic nitrogens is 1. The maximum Gasteiger partial charge on any atom is 0.145 e. The first kappa shape index (κ1) is 43.0. The van der Waals surface area contributed by atoms with Crippen LogP contribution < -0.4 is 4.90 Å². The maximum absolute atomic E-state index is 7.11. The molecule has 3 aromatic heterocycles. The molecule has 0 spiro atoms. The molecule has 0 amide bonds. The second kappa shape index (κ2) is 14.2. The third-order valence-electron chi connectivity index (χ3n) is 18.4. The number of furan rings is 2. The van der Waals surface area contributed by atoms with Crippen molar-refractivity contribution in [2.24, 2.45) is 0 Å². The molecule has 360 valence electrons. The Morgan fingerprint density at radius 3 is 1.45 bits per heavy atom. The van der Waals surface area contributed by atoms with E-state index in [2.05, 4.69) is 230 Å². The van der Waals surface area contributed by atoms with Crippen LogP contribution in [-0.4, -0.2) is 4.98 Å². The van der Waals surface area contributed by atoms with Crippen LogP contribution in [0.3, 0.4) is 0 Å². The van der Waals surface area contributed by atoms with Crippen LogP contribution in [0.1, 0.15) is 99.9 Å². The highest BCUT2D eigenvalue weighted by atomic mass is 16.3. The van der Waals surface area contributed by atoms with Crippen LogP contribution in [-0.2, 0) is 21.7 Å². The Kier molecular flexibility index (Phi) is 8.15. The van der Waals surface area contributed by atoms with E-state index >= 15 is 0 Å². The molecular formula is C71H54N2O2. The van der Waals surface area contributed by atoms with Crippen LogP contribution in [0, 0.1) is 0 Å². The summed E-state index contributed by atoms with van der Waals surface area (Å²) in [4.78, 5) is 7.41. The number of pyridine rings is 1. The van der Waals surface area contributed by atoms with Crippen molar-refractivity contribution < 1.29 is 8.83 Å². The van der Waals surface area contributed by atoms with Gasteiger partial charge in [-0.15, -0.1) is 0 Å². The Labute approximate surface area is 436 Å². The van der Waals surface area contributed by atoms with E-state index in [0.717, 1.165) is 61.4 Å². The van der Waals surface area contributed by atoms with E-state index in [9.17, 15) is 0 Å². The molecule has 0 saturated heterocycles. The minimum absolute atomic E-state index is 0.177. The summed E-state index contributed by atoms with van der Waals surface area (Å²) < 4.78 is 13.9. The lowest BCUT2D eigenvalue weighted by molar-refractivity contribution is 0.600. The van der Waals surface area contributed by atoms with E-state index in [4.69, 9.17) is 13.8 Å². The number of fused-ring (bicyclic) bond motifs is 22. The summed E-state index contributed by atoms with van der Waals surface area (Å²) >= 11 is 0. The van der Waals surface area contributed by atoms with Crippen LogP contribution in [0.4, 0.5) is 17.1 Å². The van der Waals surface area contributed by atoms with Crippen molar-refractivity contribution in [2.75, 3.05) is 4.90 Å². The monoisotopic (exact) mass is 966 g/mol. The normalized spacial score (nSPS) is 16.2. The second-order valence-corrected chi connectivity index (χ2v) is 23.8. The Balaban J connectivity index is 0.934. The SMILES string of the molecule is CC1(C)c2ccccc2-c2ccc(N(c3ccc4c(c3)C(C)(C)c3cc(-c5ccccn5)c5oc6ccccc6c5c3-4)c3ccc4c(c3)C(C)(C)c3c5c(c6c(oc7ccccc76)c3-4)-c3ccccc3C5(C)C)cc21. The summed E-state index contributed by atoms with van der Waals surface area (Å²) in [5.41, 5.74) is 28.8. The van der Waals surface area contributed by atoms with Crippen LogP contribution in [0.5, 0.6) is 0 Å². The molecule has 0 unspecified atom stereocenters. The summed E-state index contributed by atoms with van der Waals surface area (Å²) in [6.45, 7) is 19.3. The number of hydrogen-bond donors (Lipinski definition) is 0. The van der Waals surface area contributed by atoms with Gasteiger partial charge in [0.1, 0.15) is 22.3 Å². The van der Waals surface area contributed by atoms with Gasteiger partial charge in [0.2, 0.25) is 0 Å². The van der Waals surface area contributed by atoms with Gasteiger partial charge in [0.15, 0.2) is 0 Å². The molecule has 0 radical (unpaired) electrons. The van der Waals surface area contributed by atoms with E-state index < -0.39 is 0 Å². The van der Waals surface area contributed by atoms with E-state index in [1.807, 2.05) is 12.3 Å². The van der Waals surface area contributed by atoms with Gasteiger partial charge in [-0.3, -0.25) is 4.98 Å². The van der Waals surface area contributed by atoms with Gasteiger partial charge in [-0.25, -0.2) is 0 Å². The average Bonchev–Trinajstić information content (AvgIpc) is 4.42. The first-order valence-corrected chi connectivity index (χ1v) is 26.6. The number of para-hydroxylation sites is 2. The van der Waals surface area contributed by atoms with Crippen molar-refractivity contribution in [1.82, 2.24) is 4.98 Å². The molecule has 4 aliphatic carbocycles. The molecule has 3 heterocycles. The highest BCUT2D eigenvalue weighted by Gasteiger charge is 2.49. The smallest absolute Gasteiger partial charge is 0.145 e. The summed E-state index contributed by atoms with van der Waals surface area (Å²) in [5, 5.41) is 4.67. The minimum Gasteiger partial charge on any atom is -0.455 e. The van der Waals surface area contributed by atoms with Crippen molar-refractivity contribution in [2.45, 2.75) is 77.0 Å². The summed E-state index contributed by atoms with van der Waals surface area (Å²) in [6.07, 6.45) is 1.88. The summed E-state index contributed by atoms with van der Waals surface area (Å²) in [6, 6.07) is 65.3. The Morgan fingerprint density at radius 1 is 0.347 bits per heavy atom. The molecule has 0 fully saturated rings. The molecule has 4 aliphatic rings. The van der Waals surface area contributed by atoms with Crippen molar-refractivity contribution in [1.29, 1.82) is 0 Å². The van der Waals surface area contributed by atoms with Crippen LogP contribution in [0.25, 0.3) is 99.6 Å². The molecule has 0 atom stereocenters. The fourth-order valence-electron chi connectivity index (χ4n) is 14.9. The van der Waals surface area contributed by atoms with Gasteiger partial charge in [0.05, 0.1) is 5.69 Å². The fourth-order valence-corrected chi connectivity index (χ4v) is 14.9. The maximum atomic E-state index is 7.11. The molecule has 0 aliphatic heterocycles. The lowest BCUT2D eigenvalue weighted by atomic mass is 9.72. The van der Waals surface area contributed by atoms with Crippen LogP contribution in [0.2, 0.25) is 0 Å². The Morgan fingerprint density at radius 2 is 0.800 bits per heavy atom. The van der Waals surface area contributed by atoms with E-state index in [1.165, 1.54) is 99.8 Å². The summed E-state index contributed by atoms with van der Waals surface area (Å²) in [7, 11) is 0. The zero-order chi connectivity index (χ0) is 50.7. The predicted molar refractivity (Wildman–Crippen MR) is 309 cm³/mol. The lowest BCUT2D eigenvalue weighted by Crippen LogP contribution is -2.24. The van der Waals surface area contributed by atoms with Crippen molar-refractivity contribution in [3.63, 3.8) is 0 Å². The summed E-state index contributed by atoms with van der Waals surface area (Å²) in [5.74, 6) is 0. The zero-order valence-electron chi connectivity index (χ0n) is 43.5. The first-order chi connectivity index (χ1) is 36.2. The first-order valence-electron chi connectivity index (χ1n) is 26.6. The van der Waals surface area contributed by atoms with Crippen molar-refractivity contribution in [3.8, 4) is 55.8 Å². The van der Waals surface area contributed by atoms with E-state index in [-0.39, 0.29) is 21.7 Å². The molecule has 75 heavy (non-hydrogen) atoms. The third kappa shape index (κ3) is 5.34. The molecule has 0 saturated carbocycles. The number of rotatable bonds is 4. The highest BCUT2D eigenvalue weighted by Crippen LogP contribution is 2.64. The number of nitrogens with zero attached hydrogens (tertiary/aromatic N) is 2. The molecule has 16 rings (SSSR count). The fraction of sp³-hybridized carbons (Fsp3) is 0.169. The Hall–Kier alpha value is -8.47. The molecular weight excluding hydrogens is 913 g/mol. The van der Waals surface area contributed by atoms with Gasteiger partial charge in [-0.1, -0.05) is 165 Å². The lowest BCUT2D eigenvalue weighted by Gasteiger charge is -2.32. The van der Waals surface area contributed by atoms with Crippen LogP contribution in [0.15, 0.2) is 191 Å². The van der Waals surface area contributed by atoms with Crippen LogP contribution >= 0.6 is 0 Å². The number of anilines is 3. The van der Waals surface area contributed by atoms with Gasteiger partial charge in [0, 0.05) is 77.6 Å². The average molecular weight is 967 g/mol. The molecule has 12 aromatic rings. The molecule has 9 aromatic carbocycles. The predicted octanol–water partition coefficient (Wildman–Crippen LogP) is 19.2. The van der Waals surface area contributed by atoms with Crippen molar-refractivity contribution >= 4 is 60.9 Å². The Bertz CT molecular complexity index is 4540. The van der Waals surface area contributed by atoms with Gasteiger partial charge in [-0.2, -0.15) is 0 Å². The third-order valence-corrected chi connectivity index (χ3v) is 18.4. The van der Waals surface area contributed by atoms with E-state index in [0.29, 0.717) is 0 Å². The van der Waals surface area contributed by atoms with Gasteiger partial charge < -0.3 is 13.7 Å². The van der Waals surface area contributed by atoms with Crippen molar-refractivity contribution in [3.05, 3.63) is 227 Å². The largest absolute Gasteiger partial charge is 0.455 e. The standard InChI is InChI=1S/C71H54N2O2/c1-68(2)50-23-13-9-19-42(50)43-31-28-39(35-52(43)68)73(40-29-32-45-53(36-40)69(3,4)55-38-49(56-25-17-18-34-72-56)66-61(59(45)55)47-21-11-15-26-57(47)74-66)41-30-33-46-54(37-41)71(7,8)65-63(46)67-62(48-22-12-16-27-58(48)75-67)60-44-20-10-14-24-51(44)70(5,6)64(60)65/h9-38H,1-8H3. The zero-order valence-corrected chi connectivity index (χ0v) is 43.5. The van der Waals surface area contributed by atoms with Gasteiger partial charge in [-0.05, 0) is 150 Å². The number of hydrogen-bond acceptors (Lipinski definition) is 4. The molecule has 4 nitrogen and oxygen atoms in total. The second-order valence-electron chi connectivity index (χ2n) is 23.8. The molecule has 0 N–H and O–H groups in total.